The summed E-state index contributed by atoms with van der Waals surface area (Å²) in [7, 11) is 0. The Balaban J connectivity index is 2.38. The van der Waals surface area contributed by atoms with Gasteiger partial charge in [-0.2, -0.15) is 8.78 Å². The SMILES string of the molecule is NNC(c1ccc(Cl)cc1)c1ccccc1OC(F)F. The van der Waals surface area contributed by atoms with Crippen LogP contribution in [0.1, 0.15) is 17.2 Å². The van der Waals surface area contributed by atoms with E-state index < -0.39 is 12.7 Å². The standard InChI is InChI=1S/C14H13ClF2N2O/c15-10-7-5-9(6-8-10)13(19-18)11-3-1-2-4-12(11)20-14(16)17/h1-8,13-14,19H,18H2. The second-order valence-corrected chi connectivity index (χ2v) is 4.50. The number of hydrogen-bond acceptors (Lipinski definition) is 3. The molecule has 20 heavy (non-hydrogen) atoms. The van der Waals surface area contributed by atoms with E-state index in [0.29, 0.717) is 10.6 Å². The molecule has 0 aliphatic heterocycles. The van der Waals surface area contributed by atoms with Crippen LogP contribution in [0, 0.1) is 0 Å². The molecule has 2 aromatic rings. The smallest absolute Gasteiger partial charge is 0.387 e. The van der Waals surface area contributed by atoms with E-state index in [4.69, 9.17) is 17.4 Å². The normalized spacial score (nSPS) is 12.4. The van der Waals surface area contributed by atoms with E-state index in [1.54, 1.807) is 42.5 Å². The van der Waals surface area contributed by atoms with Crippen LogP contribution in [0.4, 0.5) is 8.78 Å². The summed E-state index contributed by atoms with van der Waals surface area (Å²) in [5, 5.41) is 0.585. The number of ether oxygens (including phenoxy) is 1. The highest BCUT2D eigenvalue weighted by Gasteiger charge is 2.18. The maximum absolute atomic E-state index is 12.4. The predicted octanol–water partition coefficient (Wildman–Crippen LogP) is 3.49. The second-order valence-electron chi connectivity index (χ2n) is 4.07. The van der Waals surface area contributed by atoms with E-state index in [1.807, 2.05) is 0 Å². The van der Waals surface area contributed by atoms with E-state index in [-0.39, 0.29) is 5.75 Å². The zero-order valence-electron chi connectivity index (χ0n) is 10.4. The maximum Gasteiger partial charge on any atom is 0.387 e. The third kappa shape index (κ3) is 3.45. The molecule has 0 aliphatic rings. The van der Waals surface area contributed by atoms with Crippen LogP contribution >= 0.6 is 11.6 Å². The largest absolute Gasteiger partial charge is 0.434 e. The summed E-state index contributed by atoms with van der Waals surface area (Å²) < 4.78 is 29.4. The molecule has 2 aromatic carbocycles. The van der Waals surface area contributed by atoms with E-state index in [0.717, 1.165) is 5.56 Å². The molecule has 0 saturated heterocycles. The maximum atomic E-state index is 12.4. The van der Waals surface area contributed by atoms with Crippen LogP contribution in [0.3, 0.4) is 0 Å². The van der Waals surface area contributed by atoms with Crippen molar-refractivity contribution in [1.29, 1.82) is 0 Å². The van der Waals surface area contributed by atoms with Crippen molar-refractivity contribution < 1.29 is 13.5 Å². The quantitative estimate of drug-likeness (QED) is 0.656. The van der Waals surface area contributed by atoms with Gasteiger partial charge in [0.1, 0.15) is 5.75 Å². The van der Waals surface area contributed by atoms with Crippen molar-refractivity contribution in [2.75, 3.05) is 0 Å². The van der Waals surface area contributed by atoms with Gasteiger partial charge >= 0.3 is 6.61 Å². The molecule has 0 saturated carbocycles. The number of halogens is 3. The fraction of sp³-hybridized carbons (Fsp3) is 0.143. The summed E-state index contributed by atoms with van der Waals surface area (Å²) in [6.07, 6.45) is 0. The Morgan fingerprint density at radius 2 is 1.70 bits per heavy atom. The molecule has 3 nitrogen and oxygen atoms in total. The Bertz CT molecular complexity index is 563. The third-order valence-corrected chi connectivity index (χ3v) is 3.07. The first-order valence-corrected chi connectivity index (χ1v) is 6.25. The Hall–Kier alpha value is -1.69. The van der Waals surface area contributed by atoms with Gasteiger partial charge in [0.2, 0.25) is 0 Å². The molecular formula is C14H13ClF2N2O. The highest BCUT2D eigenvalue weighted by molar-refractivity contribution is 6.30. The van der Waals surface area contributed by atoms with Crippen molar-refractivity contribution in [1.82, 2.24) is 5.43 Å². The van der Waals surface area contributed by atoms with Gasteiger partial charge in [-0.15, -0.1) is 0 Å². The number of nitrogens with one attached hydrogen (secondary N) is 1. The molecule has 0 radical (unpaired) electrons. The zero-order chi connectivity index (χ0) is 14.5. The molecule has 0 heterocycles. The van der Waals surface area contributed by atoms with Crippen molar-refractivity contribution in [3.05, 3.63) is 64.7 Å². The predicted molar refractivity (Wildman–Crippen MR) is 73.7 cm³/mol. The lowest BCUT2D eigenvalue weighted by Crippen LogP contribution is -2.29. The van der Waals surface area contributed by atoms with Gasteiger partial charge in [0.15, 0.2) is 0 Å². The topological polar surface area (TPSA) is 47.3 Å². The van der Waals surface area contributed by atoms with Crippen molar-refractivity contribution in [3.63, 3.8) is 0 Å². The number of alkyl halides is 2. The van der Waals surface area contributed by atoms with Crippen molar-refractivity contribution >= 4 is 11.6 Å². The Morgan fingerprint density at radius 3 is 2.30 bits per heavy atom. The Morgan fingerprint density at radius 1 is 1.05 bits per heavy atom. The first kappa shape index (κ1) is 14.7. The fourth-order valence-electron chi connectivity index (χ4n) is 1.94. The molecule has 0 amide bonds. The van der Waals surface area contributed by atoms with E-state index >= 15 is 0 Å². The number of hydrogen-bond donors (Lipinski definition) is 2. The number of para-hydroxylation sites is 1. The van der Waals surface area contributed by atoms with Gasteiger partial charge in [0.05, 0.1) is 6.04 Å². The monoisotopic (exact) mass is 298 g/mol. The van der Waals surface area contributed by atoms with E-state index in [9.17, 15) is 8.78 Å². The average molecular weight is 299 g/mol. The fourth-order valence-corrected chi connectivity index (χ4v) is 2.07. The van der Waals surface area contributed by atoms with Crippen molar-refractivity contribution in [3.8, 4) is 5.75 Å². The van der Waals surface area contributed by atoms with Crippen LogP contribution in [0.25, 0.3) is 0 Å². The average Bonchev–Trinajstić information content (AvgIpc) is 2.43. The van der Waals surface area contributed by atoms with Gasteiger partial charge in [0, 0.05) is 10.6 Å². The molecule has 1 atom stereocenters. The summed E-state index contributed by atoms with van der Waals surface area (Å²) in [4.78, 5) is 0. The highest BCUT2D eigenvalue weighted by atomic mass is 35.5. The molecule has 106 valence electrons. The Labute approximate surface area is 120 Å². The van der Waals surface area contributed by atoms with Gasteiger partial charge in [0.25, 0.3) is 0 Å². The molecule has 0 fully saturated rings. The van der Waals surface area contributed by atoms with Gasteiger partial charge in [-0.25, -0.2) is 5.43 Å². The molecule has 0 aromatic heterocycles. The molecule has 1 unspecified atom stereocenters. The first-order chi connectivity index (χ1) is 9.61. The van der Waals surface area contributed by atoms with Crippen LogP contribution in [0.2, 0.25) is 5.02 Å². The van der Waals surface area contributed by atoms with Crippen LogP contribution in [-0.4, -0.2) is 6.61 Å². The number of hydrazine groups is 1. The van der Waals surface area contributed by atoms with E-state index in [2.05, 4.69) is 10.2 Å². The first-order valence-electron chi connectivity index (χ1n) is 5.87. The lowest BCUT2D eigenvalue weighted by molar-refractivity contribution is -0.0506. The Kier molecular flexibility index (Phi) is 4.89. The molecule has 6 heteroatoms. The number of benzene rings is 2. The van der Waals surface area contributed by atoms with Crippen LogP contribution in [0.5, 0.6) is 5.75 Å². The van der Waals surface area contributed by atoms with Gasteiger partial charge in [-0.3, -0.25) is 5.84 Å². The van der Waals surface area contributed by atoms with Gasteiger partial charge < -0.3 is 4.74 Å². The minimum atomic E-state index is -2.89. The number of nitrogens with two attached hydrogens (primary N) is 1. The van der Waals surface area contributed by atoms with Gasteiger partial charge in [-0.1, -0.05) is 41.9 Å². The summed E-state index contributed by atoms with van der Waals surface area (Å²) in [5.74, 6) is 5.63. The summed E-state index contributed by atoms with van der Waals surface area (Å²) >= 11 is 5.83. The van der Waals surface area contributed by atoms with Crippen molar-refractivity contribution in [2.24, 2.45) is 5.84 Å². The molecule has 3 N–H and O–H groups in total. The minimum Gasteiger partial charge on any atom is -0.434 e. The lowest BCUT2D eigenvalue weighted by atomic mass is 9.98. The zero-order valence-corrected chi connectivity index (χ0v) is 11.1. The molecule has 0 bridgehead atoms. The highest BCUT2D eigenvalue weighted by Crippen LogP contribution is 2.30. The molecular weight excluding hydrogens is 286 g/mol. The van der Waals surface area contributed by atoms with Crippen LogP contribution in [-0.2, 0) is 0 Å². The van der Waals surface area contributed by atoms with Crippen LogP contribution < -0.4 is 16.0 Å². The van der Waals surface area contributed by atoms with E-state index in [1.165, 1.54) is 6.07 Å². The summed E-state index contributed by atoms with van der Waals surface area (Å²) in [6, 6.07) is 13.0. The second kappa shape index (κ2) is 6.65. The van der Waals surface area contributed by atoms with Gasteiger partial charge in [-0.05, 0) is 23.8 Å². The van der Waals surface area contributed by atoms with Crippen molar-refractivity contribution in [2.45, 2.75) is 12.7 Å². The van der Waals surface area contributed by atoms with Crippen LogP contribution in [0.15, 0.2) is 48.5 Å². The summed E-state index contributed by atoms with van der Waals surface area (Å²) in [5.41, 5.74) is 3.92. The lowest BCUT2D eigenvalue weighted by Gasteiger charge is -2.20. The molecule has 2 rings (SSSR count). The molecule has 0 aliphatic carbocycles. The minimum absolute atomic E-state index is 0.0837. The third-order valence-electron chi connectivity index (χ3n) is 2.82. The number of rotatable bonds is 5. The summed E-state index contributed by atoms with van der Waals surface area (Å²) in [6.45, 7) is -2.89. The molecule has 0 spiro atoms.